The van der Waals surface area contributed by atoms with Gasteiger partial charge in [0.1, 0.15) is 5.82 Å². The monoisotopic (exact) mass is 203 g/mol. The Hall–Kier alpha value is -1.42. The maximum absolute atomic E-state index is 8.00. The van der Waals surface area contributed by atoms with E-state index in [1.807, 2.05) is 30.5 Å². The lowest BCUT2D eigenvalue weighted by atomic mass is 10.2. The van der Waals surface area contributed by atoms with E-state index in [2.05, 4.69) is 9.55 Å². The Labute approximate surface area is 84.3 Å². The Kier molecular flexibility index (Phi) is 1.58. The first-order valence-corrected chi connectivity index (χ1v) is 5.78. The van der Waals surface area contributed by atoms with Crippen molar-refractivity contribution in [2.24, 2.45) is 0 Å². The molecule has 4 heteroatoms. The topological polar surface area (TPSA) is 41.7 Å². The van der Waals surface area contributed by atoms with Gasteiger partial charge >= 0.3 is 0 Å². The summed E-state index contributed by atoms with van der Waals surface area (Å²) in [6, 6.07) is 8.07. The van der Waals surface area contributed by atoms with Crippen molar-refractivity contribution < 1.29 is 0 Å². The highest BCUT2D eigenvalue weighted by Crippen LogP contribution is 2.30. The van der Waals surface area contributed by atoms with Crippen LogP contribution in [0.1, 0.15) is 0 Å². The van der Waals surface area contributed by atoms with Gasteiger partial charge < -0.3 is 4.57 Å². The Morgan fingerprint density at radius 1 is 1.36 bits per heavy atom. The van der Waals surface area contributed by atoms with Gasteiger partial charge in [0.25, 0.3) is 0 Å². The van der Waals surface area contributed by atoms with Gasteiger partial charge in [0.15, 0.2) is 0 Å². The summed E-state index contributed by atoms with van der Waals surface area (Å²) in [5.41, 5.74) is 1.11. The number of hydrogen-bond acceptors (Lipinski definition) is 2. The summed E-state index contributed by atoms with van der Waals surface area (Å²) < 4.78 is 10.1. The second-order valence-corrected chi connectivity index (χ2v) is 4.72. The Morgan fingerprint density at radius 3 is 3.14 bits per heavy atom. The van der Waals surface area contributed by atoms with E-state index in [0.717, 1.165) is 22.2 Å². The maximum Gasteiger partial charge on any atom is 0.141 e. The second-order valence-electron chi connectivity index (χ2n) is 3.24. The Bertz CT molecular complexity index is 516. The van der Waals surface area contributed by atoms with Crippen molar-refractivity contribution in [1.29, 1.82) is 4.78 Å². The van der Waals surface area contributed by atoms with E-state index in [-0.39, 0.29) is 0 Å². The molecule has 1 atom stereocenters. The van der Waals surface area contributed by atoms with Gasteiger partial charge in [0.2, 0.25) is 0 Å². The SMILES string of the molecule is N=S1Cn2ccnc2-c2ccccc21. The number of fused-ring (bicyclic) bond motifs is 3. The van der Waals surface area contributed by atoms with Gasteiger partial charge in [-0.3, -0.25) is 4.78 Å². The maximum atomic E-state index is 8.00. The number of nitrogens with one attached hydrogen (secondary N) is 1. The molecule has 1 N–H and O–H groups in total. The third kappa shape index (κ3) is 0.974. The van der Waals surface area contributed by atoms with Gasteiger partial charge in [0, 0.05) is 22.9 Å². The lowest BCUT2D eigenvalue weighted by Crippen LogP contribution is -2.11. The van der Waals surface area contributed by atoms with Gasteiger partial charge in [-0.05, 0) is 6.07 Å². The summed E-state index contributed by atoms with van der Waals surface area (Å²) >= 11 is 0. The molecular formula is C10H9N3S. The van der Waals surface area contributed by atoms with Crippen molar-refractivity contribution in [2.75, 3.05) is 0 Å². The van der Waals surface area contributed by atoms with E-state index < -0.39 is 10.7 Å². The van der Waals surface area contributed by atoms with Crippen LogP contribution in [-0.2, 0) is 16.6 Å². The van der Waals surface area contributed by atoms with Crippen molar-refractivity contribution >= 4 is 10.7 Å². The molecular weight excluding hydrogens is 194 g/mol. The highest BCUT2D eigenvalue weighted by molar-refractivity contribution is 7.85. The predicted octanol–water partition coefficient (Wildman–Crippen LogP) is 2.26. The fourth-order valence-corrected chi connectivity index (χ4v) is 3.03. The third-order valence-electron chi connectivity index (χ3n) is 2.38. The molecule has 1 unspecified atom stereocenters. The van der Waals surface area contributed by atoms with Crippen LogP contribution in [0.2, 0.25) is 0 Å². The zero-order chi connectivity index (χ0) is 9.54. The largest absolute Gasteiger partial charge is 0.320 e. The third-order valence-corrected chi connectivity index (χ3v) is 3.80. The van der Waals surface area contributed by atoms with Crippen molar-refractivity contribution in [3.63, 3.8) is 0 Å². The lowest BCUT2D eigenvalue weighted by molar-refractivity contribution is 0.876. The minimum atomic E-state index is -0.432. The van der Waals surface area contributed by atoms with Gasteiger partial charge in [-0.1, -0.05) is 28.9 Å². The van der Waals surface area contributed by atoms with Crippen molar-refractivity contribution in [3.05, 3.63) is 36.7 Å². The fourth-order valence-electron chi connectivity index (χ4n) is 1.73. The van der Waals surface area contributed by atoms with Gasteiger partial charge in [-0.25, -0.2) is 4.98 Å². The summed E-state index contributed by atoms with van der Waals surface area (Å²) in [5.74, 6) is 1.74. The van der Waals surface area contributed by atoms with Crippen molar-refractivity contribution in [1.82, 2.24) is 9.55 Å². The number of hydrogen-bond donors (Lipinski definition) is 1. The Morgan fingerprint density at radius 2 is 2.21 bits per heavy atom. The average molecular weight is 203 g/mol. The average Bonchev–Trinajstić information content (AvgIpc) is 2.66. The molecule has 0 radical (unpaired) electrons. The van der Waals surface area contributed by atoms with Crippen molar-refractivity contribution in [3.8, 4) is 11.4 Å². The van der Waals surface area contributed by atoms with Crippen LogP contribution in [0.25, 0.3) is 11.4 Å². The predicted molar refractivity (Wildman–Crippen MR) is 56.0 cm³/mol. The van der Waals surface area contributed by atoms with E-state index in [1.54, 1.807) is 6.20 Å². The lowest BCUT2D eigenvalue weighted by Gasteiger charge is -2.19. The van der Waals surface area contributed by atoms with Crippen LogP contribution in [0.3, 0.4) is 0 Å². The van der Waals surface area contributed by atoms with Crippen LogP contribution in [0.5, 0.6) is 0 Å². The minimum absolute atomic E-state index is 0.432. The quantitative estimate of drug-likeness (QED) is 0.701. The molecule has 70 valence electrons. The number of nitrogens with zero attached hydrogens (tertiary/aromatic N) is 2. The first-order valence-electron chi connectivity index (χ1n) is 4.39. The standard InChI is InChI=1S/C10H9N3S/c11-14-7-13-6-5-12-10(13)8-3-1-2-4-9(8)14/h1-6,11H,7H2. The molecule has 14 heavy (non-hydrogen) atoms. The summed E-state index contributed by atoms with van der Waals surface area (Å²) in [6.45, 7) is 0. The minimum Gasteiger partial charge on any atom is -0.320 e. The molecule has 1 aromatic heterocycles. The number of benzene rings is 1. The molecule has 0 amide bonds. The molecule has 2 heterocycles. The van der Waals surface area contributed by atoms with Crippen LogP contribution < -0.4 is 0 Å². The summed E-state index contributed by atoms with van der Waals surface area (Å²) in [4.78, 5) is 5.43. The molecule has 3 nitrogen and oxygen atoms in total. The van der Waals surface area contributed by atoms with E-state index >= 15 is 0 Å². The van der Waals surface area contributed by atoms with E-state index in [1.165, 1.54) is 0 Å². The van der Waals surface area contributed by atoms with E-state index in [9.17, 15) is 0 Å². The zero-order valence-electron chi connectivity index (χ0n) is 7.47. The molecule has 2 aromatic rings. The fraction of sp³-hybridized carbons (Fsp3) is 0.100. The zero-order valence-corrected chi connectivity index (χ0v) is 8.29. The molecule has 0 spiro atoms. The summed E-state index contributed by atoms with van der Waals surface area (Å²) in [7, 11) is -0.432. The van der Waals surface area contributed by atoms with E-state index in [0.29, 0.717) is 0 Å². The molecule has 1 aliphatic rings. The molecule has 0 fully saturated rings. The van der Waals surface area contributed by atoms with Gasteiger partial charge in [-0.2, -0.15) is 0 Å². The van der Waals surface area contributed by atoms with Gasteiger partial charge in [-0.15, -0.1) is 0 Å². The normalized spacial score (nSPS) is 18.7. The van der Waals surface area contributed by atoms with Crippen LogP contribution in [0.4, 0.5) is 0 Å². The highest BCUT2D eigenvalue weighted by Gasteiger charge is 2.18. The van der Waals surface area contributed by atoms with Crippen LogP contribution in [0.15, 0.2) is 41.6 Å². The first kappa shape index (κ1) is 7.94. The highest BCUT2D eigenvalue weighted by atomic mass is 32.2. The van der Waals surface area contributed by atoms with Crippen LogP contribution in [0, 0.1) is 4.78 Å². The molecule has 0 bridgehead atoms. The number of aromatic nitrogens is 2. The molecule has 0 aliphatic carbocycles. The van der Waals surface area contributed by atoms with Crippen LogP contribution >= 0.6 is 0 Å². The van der Waals surface area contributed by atoms with E-state index in [4.69, 9.17) is 4.78 Å². The molecule has 1 aromatic carbocycles. The van der Waals surface area contributed by atoms with Crippen LogP contribution in [-0.4, -0.2) is 9.55 Å². The molecule has 3 rings (SSSR count). The number of rotatable bonds is 0. The smallest absolute Gasteiger partial charge is 0.141 e. The molecule has 0 saturated carbocycles. The van der Waals surface area contributed by atoms with Crippen molar-refractivity contribution in [2.45, 2.75) is 10.8 Å². The van der Waals surface area contributed by atoms with Gasteiger partial charge in [0.05, 0.1) is 5.88 Å². The Balaban J connectivity index is 2.36. The second kappa shape index (κ2) is 2.78. The molecule has 0 saturated heterocycles. The summed E-state index contributed by atoms with van der Waals surface area (Å²) in [6.07, 6.45) is 3.74. The first-order chi connectivity index (χ1) is 6.86. The summed E-state index contributed by atoms with van der Waals surface area (Å²) in [5, 5.41) is 0. The number of imidazole rings is 1. The molecule has 1 aliphatic heterocycles.